The van der Waals surface area contributed by atoms with Crippen molar-refractivity contribution in [2.75, 3.05) is 5.75 Å². The summed E-state index contributed by atoms with van der Waals surface area (Å²) in [5.74, 6) is 0.573. The van der Waals surface area contributed by atoms with Crippen LogP contribution in [0, 0.1) is 6.92 Å². The zero-order chi connectivity index (χ0) is 13.9. The number of aryl methyl sites for hydroxylation is 1. The summed E-state index contributed by atoms with van der Waals surface area (Å²) in [7, 11) is 0. The molecule has 1 heterocycles. The van der Waals surface area contributed by atoms with E-state index in [1.54, 1.807) is 5.01 Å². The Kier molecular flexibility index (Phi) is 3.92. The van der Waals surface area contributed by atoms with E-state index in [1.165, 1.54) is 23.7 Å². The number of carbonyl (C=O) groups excluding carboxylic acids is 1. The largest absolute Gasteiger partial charge is 0.272 e. The first-order valence-corrected chi connectivity index (χ1v) is 8.03. The van der Waals surface area contributed by atoms with Crippen LogP contribution in [0.4, 0.5) is 0 Å². The molecule has 20 heavy (non-hydrogen) atoms. The molecule has 0 saturated carbocycles. The Morgan fingerprint density at radius 2 is 2.20 bits per heavy atom. The highest BCUT2D eigenvalue weighted by atomic mass is 32.2. The Balaban J connectivity index is 1.92. The van der Waals surface area contributed by atoms with E-state index in [0.717, 1.165) is 35.6 Å². The van der Waals surface area contributed by atoms with Crippen molar-refractivity contribution in [3.8, 4) is 0 Å². The maximum atomic E-state index is 12.1. The summed E-state index contributed by atoms with van der Waals surface area (Å²) in [6, 6.07) is 8.29. The predicted molar refractivity (Wildman–Crippen MR) is 83.6 cm³/mol. The first-order valence-electron chi connectivity index (χ1n) is 7.04. The van der Waals surface area contributed by atoms with Gasteiger partial charge in [0.25, 0.3) is 5.91 Å². The highest BCUT2D eigenvalue weighted by Gasteiger charge is 2.25. The maximum absolute atomic E-state index is 12.1. The van der Waals surface area contributed by atoms with Crippen LogP contribution in [0.5, 0.6) is 0 Å². The molecule has 1 aromatic rings. The molecule has 0 aromatic heterocycles. The van der Waals surface area contributed by atoms with Crippen molar-refractivity contribution in [1.82, 2.24) is 5.01 Å². The van der Waals surface area contributed by atoms with Gasteiger partial charge in [-0.05, 0) is 38.7 Å². The molecule has 0 spiro atoms. The minimum atomic E-state index is 0.0968. The predicted octanol–water partition coefficient (Wildman–Crippen LogP) is 3.69. The van der Waals surface area contributed by atoms with Crippen LogP contribution in [0.3, 0.4) is 0 Å². The van der Waals surface area contributed by atoms with Gasteiger partial charge in [-0.2, -0.15) is 5.10 Å². The number of thioether (sulfide) groups is 1. The molecule has 0 saturated heterocycles. The zero-order valence-electron chi connectivity index (χ0n) is 11.6. The van der Waals surface area contributed by atoms with E-state index in [9.17, 15) is 4.79 Å². The van der Waals surface area contributed by atoms with E-state index >= 15 is 0 Å². The lowest BCUT2D eigenvalue weighted by molar-refractivity contribution is -0.126. The number of carbonyl (C=O) groups is 1. The molecule has 0 radical (unpaired) electrons. The Morgan fingerprint density at radius 3 is 2.95 bits per heavy atom. The Hall–Kier alpha value is -1.55. The standard InChI is InChI=1S/C16H18N2OS/c1-12-6-5-7-13(10-12)16-17-18(15(19)11-20-16)14-8-3-2-4-9-14/h5-8,10H,2-4,9,11H2,1H3. The van der Waals surface area contributed by atoms with Crippen molar-refractivity contribution in [2.24, 2.45) is 5.10 Å². The summed E-state index contributed by atoms with van der Waals surface area (Å²) in [6.07, 6.45) is 6.55. The van der Waals surface area contributed by atoms with Gasteiger partial charge in [0, 0.05) is 11.3 Å². The average molecular weight is 286 g/mol. The van der Waals surface area contributed by atoms with E-state index < -0.39 is 0 Å². The number of benzene rings is 1. The van der Waals surface area contributed by atoms with Gasteiger partial charge >= 0.3 is 0 Å². The monoisotopic (exact) mass is 286 g/mol. The van der Waals surface area contributed by atoms with Crippen molar-refractivity contribution >= 4 is 22.7 Å². The first kappa shape index (κ1) is 13.4. The van der Waals surface area contributed by atoms with Crippen molar-refractivity contribution in [2.45, 2.75) is 32.6 Å². The molecule has 0 fully saturated rings. The third kappa shape index (κ3) is 2.80. The van der Waals surface area contributed by atoms with Gasteiger partial charge in [0.15, 0.2) is 0 Å². The van der Waals surface area contributed by atoms with E-state index in [1.807, 2.05) is 6.07 Å². The molecule has 3 nitrogen and oxygen atoms in total. The van der Waals surface area contributed by atoms with E-state index in [0.29, 0.717) is 5.75 Å². The summed E-state index contributed by atoms with van der Waals surface area (Å²) in [6.45, 7) is 2.07. The number of nitrogens with zero attached hydrogens (tertiary/aromatic N) is 2. The molecule has 1 aliphatic carbocycles. The van der Waals surface area contributed by atoms with Crippen molar-refractivity contribution < 1.29 is 4.79 Å². The molecule has 1 aromatic carbocycles. The van der Waals surface area contributed by atoms with Crippen LogP contribution >= 0.6 is 11.8 Å². The van der Waals surface area contributed by atoms with Gasteiger partial charge < -0.3 is 0 Å². The number of hydrogen-bond donors (Lipinski definition) is 0. The van der Waals surface area contributed by atoms with Gasteiger partial charge in [-0.1, -0.05) is 41.6 Å². The summed E-state index contributed by atoms with van der Waals surface area (Å²) < 4.78 is 0. The van der Waals surface area contributed by atoms with E-state index in [2.05, 4.69) is 36.3 Å². The van der Waals surface area contributed by atoms with Crippen LogP contribution in [0.25, 0.3) is 0 Å². The first-order chi connectivity index (χ1) is 9.74. The minimum absolute atomic E-state index is 0.0968. The molecule has 0 atom stereocenters. The van der Waals surface area contributed by atoms with Crippen LogP contribution in [-0.2, 0) is 4.79 Å². The van der Waals surface area contributed by atoms with Gasteiger partial charge in [-0.25, -0.2) is 5.01 Å². The quantitative estimate of drug-likeness (QED) is 0.830. The third-order valence-electron chi connectivity index (χ3n) is 3.56. The molecule has 0 bridgehead atoms. The van der Waals surface area contributed by atoms with Crippen LogP contribution in [0.2, 0.25) is 0 Å². The highest BCUT2D eigenvalue weighted by molar-refractivity contribution is 8.15. The summed E-state index contributed by atoms with van der Waals surface area (Å²) in [5, 5.41) is 7.17. The lowest BCUT2D eigenvalue weighted by Crippen LogP contribution is -2.32. The number of hydrogen-bond acceptors (Lipinski definition) is 3. The van der Waals surface area contributed by atoms with Gasteiger partial charge in [0.05, 0.1) is 5.75 Å². The lowest BCUT2D eigenvalue weighted by Gasteiger charge is -2.27. The number of rotatable bonds is 2. The highest BCUT2D eigenvalue weighted by Crippen LogP contribution is 2.27. The number of allylic oxidation sites excluding steroid dienone is 2. The summed E-state index contributed by atoms with van der Waals surface area (Å²) in [4.78, 5) is 12.1. The van der Waals surface area contributed by atoms with E-state index in [-0.39, 0.29) is 5.91 Å². The average Bonchev–Trinajstić information content (AvgIpc) is 2.48. The topological polar surface area (TPSA) is 32.7 Å². The van der Waals surface area contributed by atoms with Gasteiger partial charge in [0.2, 0.25) is 0 Å². The Labute approximate surface area is 123 Å². The smallest absolute Gasteiger partial charge is 0.257 e. The molecule has 0 N–H and O–H groups in total. The van der Waals surface area contributed by atoms with Crippen LogP contribution < -0.4 is 0 Å². The number of amides is 1. The normalized spacial score (nSPS) is 19.6. The lowest BCUT2D eigenvalue weighted by atomic mass is 10.0. The molecule has 2 aliphatic rings. The SMILES string of the molecule is Cc1cccc(C2=NN(C3=CCCCC3)C(=O)CS2)c1. The van der Waals surface area contributed by atoms with Crippen LogP contribution in [0.15, 0.2) is 41.1 Å². The molecular formula is C16H18N2OS. The second-order valence-corrected chi connectivity index (χ2v) is 6.17. The maximum Gasteiger partial charge on any atom is 0.257 e. The molecule has 104 valence electrons. The van der Waals surface area contributed by atoms with Crippen LogP contribution in [-0.4, -0.2) is 21.7 Å². The summed E-state index contributed by atoms with van der Waals surface area (Å²) in [5.41, 5.74) is 3.39. The second kappa shape index (κ2) is 5.83. The second-order valence-electron chi connectivity index (χ2n) is 5.21. The molecule has 4 heteroatoms. The van der Waals surface area contributed by atoms with E-state index in [4.69, 9.17) is 0 Å². The molecule has 1 aliphatic heterocycles. The van der Waals surface area contributed by atoms with Crippen molar-refractivity contribution in [3.63, 3.8) is 0 Å². The molecule has 1 amide bonds. The molecule has 0 unspecified atom stereocenters. The van der Waals surface area contributed by atoms with Crippen molar-refractivity contribution in [1.29, 1.82) is 0 Å². The third-order valence-corrected chi connectivity index (χ3v) is 4.55. The van der Waals surface area contributed by atoms with Gasteiger partial charge in [0.1, 0.15) is 5.04 Å². The molecular weight excluding hydrogens is 268 g/mol. The minimum Gasteiger partial charge on any atom is -0.272 e. The van der Waals surface area contributed by atoms with Crippen molar-refractivity contribution in [3.05, 3.63) is 47.2 Å². The van der Waals surface area contributed by atoms with Gasteiger partial charge in [-0.3, -0.25) is 4.79 Å². The fraction of sp³-hybridized carbons (Fsp3) is 0.375. The fourth-order valence-corrected chi connectivity index (χ4v) is 3.34. The fourth-order valence-electron chi connectivity index (χ4n) is 2.52. The van der Waals surface area contributed by atoms with Crippen LogP contribution in [0.1, 0.15) is 36.8 Å². The van der Waals surface area contributed by atoms with Gasteiger partial charge in [-0.15, -0.1) is 0 Å². The molecule has 3 rings (SSSR count). The zero-order valence-corrected chi connectivity index (χ0v) is 12.4. The number of hydrazone groups is 1. The Morgan fingerprint density at radius 1 is 1.30 bits per heavy atom. The Bertz CT molecular complexity index is 592. The summed E-state index contributed by atoms with van der Waals surface area (Å²) >= 11 is 1.53.